The number of hydrogen-bond acceptors (Lipinski definition) is 4. The van der Waals surface area contributed by atoms with E-state index >= 15 is 0 Å². The van der Waals surface area contributed by atoms with Crippen LogP contribution in [0.3, 0.4) is 0 Å². The number of aromatic nitrogens is 1. The van der Waals surface area contributed by atoms with E-state index < -0.39 is 0 Å². The zero-order valence-electron chi connectivity index (χ0n) is 13.1. The van der Waals surface area contributed by atoms with E-state index in [4.69, 9.17) is 0 Å². The largest absolute Gasteiger partial charge is 0.356 e. The normalized spacial score (nSPS) is 21.1. The van der Waals surface area contributed by atoms with Gasteiger partial charge in [0.2, 0.25) is 5.91 Å². The first-order chi connectivity index (χ1) is 11.3. The third-order valence-electron chi connectivity index (χ3n) is 4.86. The predicted octanol–water partition coefficient (Wildman–Crippen LogP) is 2.94. The number of amides is 1. The summed E-state index contributed by atoms with van der Waals surface area (Å²) in [6, 6.07) is 8.14. The summed E-state index contributed by atoms with van der Waals surface area (Å²) in [5, 5.41) is 2.14. The lowest BCUT2D eigenvalue weighted by molar-refractivity contribution is -0.136. The van der Waals surface area contributed by atoms with Crippen LogP contribution in [-0.2, 0) is 17.8 Å². The van der Waals surface area contributed by atoms with Crippen molar-refractivity contribution >= 4 is 23.1 Å². The molecule has 4 rings (SSSR count). The first kappa shape index (κ1) is 14.7. The summed E-state index contributed by atoms with van der Waals surface area (Å²) in [5.74, 6) is 1.41. The van der Waals surface area contributed by atoms with E-state index in [0.717, 1.165) is 51.3 Å². The lowest BCUT2D eigenvalue weighted by Gasteiger charge is -2.36. The fourth-order valence-electron chi connectivity index (χ4n) is 3.62. The molecular formula is C18H21N3OS. The van der Waals surface area contributed by atoms with E-state index in [1.807, 2.05) is 35.7 Å². The molecule has 1 amide bonds. The molecule has 0 aliphatic carbocycles. The van der Waals surface area contributed by atoms with Crippen LogP contribution in [-0.4, -0.2) is 35.4 Å². The number of pyridine rings is 1. The Balaban J connectivity index is 1.44. The number of carbonyl (C=O) groups is 1. The highest BCUT2D eigenvalue weighted by atomic mass is 32.1. The van der Waals surface area contributed by atoms with Crippen molar-refractivity contribution in [1.82, 2.24) is 9.88 Å². The standard InChI is InChI=1S/C18H21N3OS/c22-18(21-10-6-16-14(12-21)7-11-23-16)15-4-3-9-20(13-15)17-5-1-2-8-19-17/h1-2,5,7-8,11,15H,3-4,6,9-10,12-13H2/t15-/m0/s1. The summed E-state index contributed by atoms with van der Waals surface area (Å²) < 4.78 is 0. The minimum atomic E-state index is 0.103. The highest BCUT2D eigenvalue weighted by Gasteiger charge is 2.31. The highest BCUT2D eigenvalue weighted by molar-refractivity contribution is 7.10. The Morgan fingerprint density at radius 1 is 1.26 bits per heavy atom. The van der Waals surface area contributed by atoms with Crippen LogP contribution in [0, 0.1) is 5.92 Å². The van der Waals surface area contributed by atoms with Gasteiger partial charge in [-0.15, -0.1) is 11.3 Å². The summed E-state index contributed by atoms with van der Waals surface area (Å²) in [7, 11) is 0. The van der Waals surface area contributed by atoms with Gasteiger partial charge in [-0.3, -0.25) is 4.79 Å². The van der Waals surface area contributed by atoms with Crippen molar-refractivity contribution in [3.63, 3.8) is 0 Å². The Kier molecular flexibility index (Phi) is 4.04. The number of fused-ring (bicyclic) bond motifs is 1. The number of rotatable bonds is 2. The number of piperidine rings is 1. The van der Waals surface area contributed by atoms with E-state index in [0.29, 0.717) is 5.91 Å². The zero-order valence-corrected chi connectivity index (χ0v) is 14.0. The number of thiophene rings is 1. The number of nitrogens with zero attached hydrogens (tertiary/aromatic N) is 3. The highest BCUT2D eigenvalue weighted by Crippen LogP contribution is 2.28. The van der Waals surface area contributed by atoms with Crippen molar-refractivity contribution < 1.29 is 4.79 Å². The summed E-state index contributed by atoms with van der Waals surface area (Å²) in [4.78, 5) is 23.1. The molecule has 1 saturated heterocycles. The smallest absolute Gasteiger partial charge is 0.227 e. The van der Waals surface area contributed by atoms with Crippen LogP contribution < -0.4 is 4.90 Å². The topological polar surface area (TPSA) is 36.4 Å². The van der Waals surface area contributed by atoms with Gasteiger partial charge >= 0.3 is 0 Å². The Morgan fingerprint density at radius 3 is 3.09 bits per heavy atom. The molecule has 1 fully saturated rings. The number of anilines is 1. The van der Waals surface area contributed by atoms with Gasteiger partial charge in [-0.25, -0.2) is 4.98 Å². The van der Waals surface area contributed by atoms with E-state index in [2.05, 4.69) is 26.2 Å². The van der Waals surface area contributed by atoms with Gasteiger partial charge in [0.15, 0.2) is 0 Å². The lowest BCUT2D eigenvalue weighted by Crippen LogP contribution is -2.46. The zero-order chi connectivity index (χ0) is 15.6. The Labute approximate surface area is 140 Å². The molecule has 0 radical (unpaired) electrons. The second-order valence-electron chi connectivity index (χ2n) is 6.35. The van der Waals surface area contributed by atoms with Gasteiger partial charge in [-0.1, -0.05) is 6.07 Å². The molecule has 120 valence electrons. The molecule has 0 spiro atoms. The molecule has 0 aromatic carbocycles. The van der Waals surface area contributed by atoms with Crippen LogP contribution in [0.2, 0.25) is 0 Å². The summed E-state index contributed by atoms with van der Waals surface area (Å²) in [6.07, 6.45) is 4.89. The first-order valence-electron chi connectivity index (χ1n) is 8.31. The second kappa shape index (κ2) is 6.32. The molecule has 0 N–H and O–H groups in total. The maximum Gasteiger partial charge on any atom is 0.227 e. The maximum atomic E-state index is 12.9. The number of hydrogen-bond donors (Lipinski definition) is 0. The van der Waals surface area contributed by atoms with Crippen molar-refractivity contribution in [1.29, 1.82) is 0 Å². The molecule has 23 heavy (non-hydrogen) atoms. The van der Waals surface area contributed by atoms with Crippen LogP contribution in [0.15, 0.2) is 35.8 Å². The summed E-state index contributed by atoms with van der Waals surface area (Å²) >= 11 is 1.82. The summed E-state index contributed by atoms with van der Waals surface area (Å²) in [6.45, 7) is 3.45. The fraction of sp³-hybridized carbons (Fsp3) is 0.444. The van der Waals surface area contributed by atoms with Crippen LogP contribution in [0.5, 0.6) is 0 Å². The molecule has 2 aliphatic rings. The third kappa shape index (κ3) is 2.98. The second-order valence-corrected chi connectivity index (χ2v) is 7.35. The van der Waals surface area contributed by atoms with Crippen molar-refractivity contribution in [2.45, 2.75) is 25.8 Å². The van der Waals surface area contributed by atoms with Gasteiger partial charge in [0, 0.05) is 37.3 Å². The average Bonchev–Trinajstić information content (AvgIpc) is 3.09. The molecular weight excluding hydrogens is 306 g/mol. The Hall–Kier alpha value is -1.88. The Bertz CT molecular complexity index is 685. The van der Waals surface area contributed by atoms with Gasteiger partial charge < -0.3 is 9.80 Å². The van der Waals surface area contributed by atoms with E-state index in [-0.39, 0.29) is 5.92 Å². The molecule has 0 bridgehead atoms. The van der Waals surface area contributed by atoms with E-state index in [9.17, 15) is 4.79 Å². The minimum absolute atomic E-state index is 0.103. The molecule has 2 aliphatic heterocycles. The molecule has 2 aromatic heterocycles. The molecule has 5 heteroatoms. The van der Waals surface area contributed by atoms with Crippen LogP contribution in [0.25, 0.3) is 0 Å². The van der Waals surface area contributed by atoms with Gasteiger partial charge in [-0.05, 0) is 48.4 Å². The molecule has 4 heterocycles. The first-order valence-corrected chi connectivity index (χ1v) is 9.19. The predicted molar refractivity (Wildman–Crippen MR) is 92.6 cm³/mol. The van der Waals surface area contributed by atoms with E-state index in [1.165, 1.54) is 10.4 Å². The van der Waals surface area contributed by atoms with Crippen molar-refractivity contribution in [3.8, 4) is 0 Å². The molecule has 1 atom stereocenters. The van der Waals surface area contributed by atoms with Crippen LogP contribution >= 0.6 is 11.3 Å². The average molecular weight is 327 g/mol. The monoisotopic (exact) mass is 327 g/mol. The quantitative estimate of drug-likeness (QED) is 0.851. The van der Waals surface area contributed by atoms with Gasteiger partial charge in [-0.2, -0.15) is 0 Å². The lowest BCUT2D eigenvalue weighted by atomic mass is 9.95. The van der Waals surface area contributed by atoms with Gasteiger partial charge in [0.25, 0.3) is 0 Å². The number of carbonyl (C=O) groups excluding carboxylic acids is 1. The van der Waals surface area contributed by atoms with Crippen molar-refractivity contribution in [2.75, 3.05) is 24.5 Å². The maximum absolute atomic E-state index is 12.9. The molecule has 0 unspecified atom stereocenters. The summed E-state index contributed by atoms with van der Waals surface area (Å²) in [5.41, 5.74) is 1.34. The van der Waals surface area contributed by atoms with Crippen molar-refractivity contribution in [3.05, 3.63) is 46.3 Å². The van der Waals surface area contributed by atoms with Gasteiger partial charge in [0.05, 0.1) is 5.92 Å². The molecule has 0 saturated carbocycles. The van der Waals surface area contributed by atoms with Crippen LogP contribution in [0.1, 0.15) is 23.3 Å². The van der Waals surface area contributed by atoms with Crippen LogP contribution in [0.4, 0.5) is 5.82 Å². The molecule has 4 nitrogen and oxygen atoms in total. The minimum Gasteiger partial charge on any atom is -0.356 e. The third-order valence-corrected chi connectivity index (χ3v) is 5.89. The van der Waals surface area contributed by atoms with E-state index in [1.54, 1.807) is 0 Å². The Morgan fingerprint density at radius 2 is 2.22 bits per heavy atom. The molecule has 2 aromatic rings. The fourth-order valence-corrected chi connectivity index (χ4v) is 4.51. The van der Waals surface area contributed by atoms with Gasteiger partial charge in [0.1, 0.15) is 5.82 Å². The van der Waals surface area contributed by atoms with Crippen molar-refractivity contribution in [2.24, 2.45) is 5.92 Å². The SMILES string of the molecule is O=C([C@H]1CCCN(c2ccccn2)C1)N1CCc2sccc2C1.